The zero-order valence-electron chi connectivity index (χ0n) is 12.6. The molecule has 0 fully saturated rings. The van der Waals surface area contributed by atoms with Crippen molar-refractivity contribution in [1.82, 2.24) is 14.6 Å². The van der Waals surface area contributed by atoms with Gasteiger partial charge in [0, 0.05) is 24.3 Å². The average molecular weight is 295 g/mol. The van der Waals surface area contributed by atoms with Gasteiger partial charge in [0.15, 0.2) is 5.82 Å². The number of alkyl halides is 1. The number of aromatic nitrogens is 3. The number of rotatable bonds is 6. The molecule has 0 saturated carbocycles. The zero-order chi connectivity index (χ0) is 14.7. The van der Waals surface area contributed by atoms with Crippen LogP contribution in [0.5, 0.6) is 0 Å². The van der Waals surface area contributed by atoms with Gasteiger partial charge in [-0.1, -0.05) is 27.7 Å². The quantitative estimate of drug-likeness (QED) is 0.821. The molecule has 20 heavy (non-hydrogen) atoms. The van der Waals surface area contributed by atoms with Gasteiger partial charge in [-0.15, -0.1) is 11.6 Å². The number of nitrogens with one attached hydrogen (secondary N) is 1. The molecule has 0 saturated heterocycles. The van der Waals surface area contributed by atoms with Crippen LogP contribution in [0.15, 0.2) is 18.5 Å². The van der Waals surface area contributed by atoms with Crippen molar-refractivity contribution < 1.29 is 0 Å². The first kappa shape index (κ1) is 15.1. The molecule has 0 radical (unpaired) electrons. The van der Waals surface area contributed by atoms with E-state index in [1.807, 2.05) is 10.7 Å². The van der Waals surface area contributed by atoms with Gasteiger partial charge in [0.05, 0.1) is 5.69 Å². The number of hydrogen-bond donors (Lipinski definition) is 1. The summed E-state index contributed by atoms with van der Waals surface area (Å²) in [6.07, 6.45) is 4.68. The minimum absolute atomic E-state index is 0.229. The van der Waals surface area contributed by atoms with Gasteiger partial charge < -0.3 is 5.32 Å². The van der Waals surface area contributed by atoms with E-state index in [0.29, 0.717) is 17.7 Å². The van der Waals surface area contributed by atoms with Gasteiger partial charge in [-0.3, -0.25) is 0 Å². The second-order valence-electron chi connectivity index (χ2n) is 5.95. The van der Waals surface area contributed by atoms with Crippen molar-refractivity contribution in [2.75, 3.05) is 11.2 Å². The first-order valence-electron chi connectivity index (χ1n) is 7.18. The van der Waals surface area contributed by atoms with Crippen LogP contribution < -0.4 is 5.32 Å². The van der Waals surface area contributed by atoms with Crippen LogP contribution in [-0.2, 0) is 0 Å². The van der Waals surface area contributed by atoms with E-state index < -0.39 is 0 Å². The van der Waals surface area contributed by atoms with Gasteiger partial charge in [-0.05, 0) is 24.3 Å². The molecule has 0 bridgehead atoms. The second kappa shape index (κ2) is 6.44. The van der Waals surface area contributed by atoms with Crippen molar-refractivity contribution in [2.45, 2.75) is 46.1 Å². The summed E-state index contributed by atoms with van der Waals surface area (Å²) in [6, 6.07) is 2.33. The fraction of sp³-hybridized carbons (Fsp3) is 0.600. The molecular formula is C15H23ClN4. The van der Waals surface area contributed by atoms with Crippen LogP contribution in [-0.4, -0.2) is 26.5 Å². The molecule has 0 aliphatic heterocycles. The van der Waals surface area contributed by atoms with Crippen molar-refractivity contribution in [1.29, 1.82) is 0 Å². The summed E-state index contributed by atoms with van der Waals surface area (Å²) in [6.45, 7) is 8.68. The van der Waals surface area contributed by atoms with Crippen LogP contribution in [0, 0.1) is 5.92 Å². The fourth-order valence-corrected chi connectivity index (χ4v) is 2.46. The molecule has 2 rings (SSSR count). The summed E-state index contributed by atoms with van der Waals surface area (Å²) in [5.74, 6) is 2.44. The number of halogens is 1. The van der Waals surface area contributed by atoms with Crippen LogP contribution >= 0.6 is 11.6 Å². The van der Waals surface area contributed by atoms with E-state index >= 15 is 0 Å². The lowest BCUT2D eigenvalue weighted by Gasteiger charge is -2.18. The molecule has 2 aromatic heterocycles. The van der Waals surface area contributed by atoms with Crippen molar-refractivity contribution in [3.63, 3.8) is 0 Å². The highest BCUT2D eigenvalue weighted by Gasteiger charge is 2.14. The Morgan fingerprint density at radius 3 is 2.65 bits per heavy atom. The standard InChI is InChI=1S/C15H23ClN4/c1-10(2)7-12(9-16)18-15-14-8-13(11(3)4)19-20(14)6-5-17-15/h5-6,8,10-12H,7,9H2,1-4H3,(H,17,18). The maximum absolute atomic E-state index is 6.06. The van der Waals surface area contributed by atoms with E-state index in [2.05, 4.69) is 49.2 Å². The van der Waals surface area contributed by atoms with E-state index in [4.69, 9.17) is 11.6 Å². The Kier molecular flexibility index (Phi) is 4.86. The SMILES string of the molecule is CC(C)CC(CCl)Nc1nccn2nc(C(C)C)cc12. The molecule has 1 atom stereocenters. The highest BCUT2D eigenvalue weighted by atomic mass is 35.5. The van der Waals surface area contributed by atoms with Gasteiger partial charge in [0.2, 0.25) is 0 Å². The second-order valence-corrected chi connectivity index (χ2v) is 6.26. The van der Waals surface area contributed by atoms with Crippen molar-refractivity contribution in [3.05, 3.63) is 24.2 Å². The Morgan fingerprint density at radius 2 is 2.05 bits per heavy atom. The Labute approximate surface area is 125 Å². The van der Waals surface area contributed by atoms with Crippen LogP contribution in [0.25, 0.3) is 5.52 Å². The van der Waals surface area contributed by atoms with Crippen LogP contribution in [0.1, 0.15) is 45.7 Å². The van der Waals surface area contributed by atoms with Crippen LogP contribution in [0.2, 0.25) is 0 Å². The van der Waals surface area contributed by atoms with Gasteiger partial charge >= 0.3 is 0 Å². The normalized spacial score (nSPS) is 13.3. The van der Waals surface area contributed by atoms with Gasteiger partial charge in [0.1, 0.15) is 5.52 Å². The van der Waals surface area contributed by atoms with Crippen LogP contribution in [0.4, 0.5) is 5.82 Å². The lowest BCUT2D eigenvalue weighted by Crippen LogP contribution is -2.24. The van der Waals surface area contributed by atoms with Gasteiger partial charge in [-0.25, -0.2) is 9.50 Å². The molecule has 2 aromatic rings. The summed E-state index contributed by atoms with van der Waals surface area (Å²) >= 11 is 6.06. The van der Waals surface area contributed by atoms with Crippen molar-refractivity contribution >= 4 is 22.9 Å². The zero-order valence-corrected chi connectivity index (χ0v) is 13.4. The maximum atomic E-state index is 6.06. The van der Waals surface area contributed by atoms with Gasteiger partial charge in [0.25, 0.3) is 0 Å². The number of fused-ring (bicyclic) bond motifs is 1. The lowest BCUT2D eigenvalue weighted by molar-refractivity contribution is 0.541. The summed E-state index contributed by atoms with van der Waals surface area (Å²) in [4.78, 5) is 4.44. The first-order chi connectivity index (χ1) is 9.51. The topological polar surface area (TPSA) is 42.2 Å². The van der Waals surface area contributed by atoms with Gasteiger partial charge in [-0.2, -0.15) is 5.10 Å². The molecule has 1 N–H and O–H groups in total. The largest absolute Gasteiger partial charge is 0.364 e. The van der Waals surface area contributed by atoms with Crippen molar-refractivity contribution in [2.24, 2.45) is 5.92 Å². The van der Waals surface area contributed by atoms with E-state index in [-0.39, 0.29) is 6.04 Å². The molecule has 0 aliphatic rings. The molecule has 4 nitrogen and oxygen atoms in total. The minimum atomic E-state index is 0.229. The Morgan fingerprint density at radius 1 is 1.30 bits per heavy atom. The molecule has 0 spiro atoms. The third-order valence-corrected chi connectivity index (χ3v) is 3.66. The predicted molar refractivity (Wildman–Crippen MR) is 84.7 cm³/mol. The highest BCUT2D eigenvalue weighted by Crippen LogP contribution is 2.21. The molecule has 110 valence electrons. The third kappa shape index (κ3) is 3.42. The van der Waals surface area contributed by atoms with E-state index in [0.717, 1.165) is 23.4 Å². The molecule has 5 heteroatoms. The fourth-order valence-electron chi connectivity index (χ4n) is 2.26. The summed E-state index contributed by atoms with van der Waals surface area (Å²) in [5, 5.41) is 8.02. The monoisotopic (exact) mass is 294 g/mol. The molecule has 0 aromatic carbocycles. The Balaban J connectivity index is 2.29. The predicted octanol–water partition coefficient (Wildman–Crippen LogP) is 3.92. The van der Waals surface area contributed by atoms with Crippen molar-refractivity contribution in [3.8, 4) is 0 Å². The van der Waals surface area contributed by atoms with E-state index in [9.17, 15) is 0 Å². The molecule has 2 heterocycles. The Hall–Kier alpha value is -1.29. The highest BCUT2D eigenvalue weighted by molar-refractivity contribution is 6.18. The molecule has 1 unspecified atom stereocenters. The smallest absolute Gasteiger partial charge is 0.152 e. The summed E-state index contributed by atoms with van der Waals surface area (Å²) in [5.41, 5.74) is 2.09. The first-order valence-corrected chi connectivity index (χ1v) is 7.71. The number of nitrogens with zero attached hydrogens (tertiary/aromatic N) is 3. The third-order valence-electron chi connectivity index (χ3n) is 3.28. The summed E-state index contributed by atoms with van der Waals surface area (Å²) < 4.78 is 1.88. The summed E-state index contributed by atoms with van der Waals surface area (Å²) in [7, 11) is 0. The maximum Gasteiger partial charge on any atom is 0.152 e. The average Bonchev–Trinajstić information content (AvgIpc) is 2.82. The minimum Gasteiger partial charge on any atom is -0.364 e. The molecule has 0 amide bonds. The number of hydrogen-bond acceptors (Lipinski definition) is 3. The Bertz CT molecular complexity index is 562. The van der Waals surface area contributed by atoms with Crippen LogP contribution in [0.3, 0.4) is 0 Å². The van der Waals surface area contributed by atoms with E-state index in [1.165, 1.54) is 0 Å². The molecule has 0 aliphatic carbocycles. The van der Waals surface area contributed by atoms with E-state index in [1.54, 1.807) is 6.20 Å². The lowest BCUT2D eigenvalue weighted by atomic mass is 10.1. The molecular weight excluding hydrogens is 272 g/mol. The number of anilines is 1.